The van der Waals surface area contributed by atoms with Gasteiger partial charge in [0.2, 0.25) is 0 Å². The van der Waals surface area contributed by atoms with Crippen molar-refractivity contribution < 1.29 is 0 Å². The van der Waals surface area contributed by atoms with Crippen LogP contribution in [0.5, 0.6) is 0 Å². The molecule has 0 aliphatic carbocycles. The molecule has 0 N–H and O–H groups in total. The van der Waals surface area contributed by atoms with Crippen LogP contribution in [0.1, 0.15) is 39.5 Å². The minimum atomic E-state index is 0.358. The fourth-order valence-corrected chi connectivity index (χ4v) is 1.95. The van der Waals surface area contributed by atoms with E-state index in [4.69, 9.17) is 23.2 Å². The second-order valence-electron chi connectivity index (χ2n) is 3.13. The van der Waals surface area contributed by atoms with Gasteiger partial charge in [0.05, 0.1) is 0 Å². The van der Waals surface area contributed by atoms with E-state index in [0.29, 0.717) is 5.41 Å². The van der Waals surface area contributed by atoms with Gasteiger partial charge in [-0.25, -0.2) is 0 Å². The van der Waals surface area contributed by atoms with Gasteiger partial charge >= 0.3 is 0 Å². The molecule has 0 atom stereocenters. The molecule has 0 fully saturated rings. The molecular formula is C9H18Cl2. The number of alkyl halides is 2. The SMILES string of the molecule is CCC(CC)(CCl)CCCCl. The van der Waals surface area contributed by atoms with Gasteiger partial charge < -0.3 is 0 Å². The smallest absolute Gasteiger partial charge is 0.0279 e. The normalized spacial score (nSPS) is 12.0. The van der Waals surface area contributed by atoms with Gasteiger partial charge in [-0.05, 0) is 31.1 Å². The molecule has 0 aliphatic rings. The van der Waals surface area contributed by atoms with Crippen molar-refractivity contribution in [2.75, 3.05) is 11.8 Å². The van der Waals surface area contributed by atoms with E-state index in [2.05, 4.69) is 13.8 Å². The Labute approximate surface area is 80.3 Å². The molecule has 11 heavy (non-hydrogen) atoms. The topological polar surface area (TPSA) is 0 Å². The van der Waals surface area contributed by atoms with E-state index < -0.39 is 0 Å². The summed E-state index contributed by atoms with van der Waals surface area (Å²) in [6.45, 7) is 4.42. The van der Waals surface area contributed by atoms with Crippen molar-refractivity contribution in [1.82, 2.24) is 0 Å². The molecule has 0 saturated heterocycles. The number of rotatable bonds is 6. The molecule has 0 saturated carbocycles. The van der Waals surface area contributed by atoms with Crippen LogP contribution in [0.2, 0.25) is 0 Å². The van der Waals surface area contributed by atoms with E-state index in [9.17, 15) is 0 Å². The summed E-state index contributed by atoms with van der Waals surface area (Å²) in [6.07, 6.45) is 4.61. The Bertz CT molecular complexity index is 79.3. The number of halogens is 2. The predicted octanol–water partition coefficient (Wildman–Crippen LogP) is 4.05. The third-order valence-electron chi connectivity index (χ3n) is 2.62. The van der Waals surface area contributed by atoms with Gasteiger partial charge in [-0.15, -0.1) is 23.2 Å². The molecule has 0 aromatic rings. The van der Waals surface area contributed by atoms with E-state index in [-0.39, 0.29) is 0 Å². The summed E-state index contributed by atoms with van der Waals surface area (Å²) >= 11 is 11.6. The molecule has 0 aromatic heterocycles. The molecule has 0 aliphatic heterocycles. The van der Waals surface area contributed by atoms with E-state index >= 15 is 0 Å². The lowest BCUT2D eigenvalue weighted by molar-refractivity contribution is 0.276. The minimum Gasteiger partial charge on any atom is -0.127 e. The van der Waals surface area contributed by atoms with Gasteiger partial charge in [0.25, 0.3) is 0 Å². The van der Waals surface area contributed by atoms with Crippen molar-refractivity contribution in [3.05, 3.63) is 0 Å². The summed E-state index contributed by atoms with van der Waals surface area (Å²) in [5.74, 6) is 1.54. The summed E-state index contributed by atoms with van der Waals surface area (Å²) in [4.78, 5) is 0. The quantitative estimate of drug-likeness (QED) is 0.563. The first-order chi connectivity index (χ1) is 5.24. The Hall–Kier alpha value is 0.580. The summed E-state index contributed by atoms with van der Waals surface area (Å²) < 4.78 is 0. The molecule has 0 nitrogen and oxygen atoms in total. The maximum absolute atomic E-state index is 5.92. The van der Waals surface area contributed by atoms with Crippen LogP contribution in [0.4, 0.5) is 0 Å². The standard InChI is InChI=1S/C9H18Cl2/c1-3-9(4-2,8-11)6-5-7-10/h3-8H2,1-2H3. The van der Waals surface area contributed by atoms with E-state index in [0.717, 1.165) is 18.2 Å². The zero-order valence-corrected chi connectivity index (χ0v) is 9.01. The zero-order chi connectivity index (χ0) is 8.74. The molecule has 0 radical (unpaired) electrons. The Balaban J connectivity index is 3.84. The van der Waals surface area contributed by atoms with Gasteiger partial charge in [-0.3, -0.25) is 0 Å². The molecule has 0 heterocycles. The van der Waals surface area contributed by atoms with Crippen LogP contribution >= 0.6 is 23.2 Å². The Morgan fingerprint density at radius 2 is 1.64 bits per heavy atom. The van der Waals surface area contributed by atoms with E-state index in [1.165, 1.54) is 19.3 Å². The summed E-state index contributed by atoms with van der Waals surface area (Å²) in [5.41, 5.74) is 0.358. The molecule has 68 valence electrons. The molecular weight excluding hydrogens is 179 g/mol. The predicted molar refractivity (Wildman–Crippen MR) is 53.7 cm³/mol. The van der Waals surface area contributed by atoms with E-state index in [1.54, 1.807) is 0 Å². The monoisotopic (exact) mass is 196 g/mol. The maximum atomic E-state index is 5.92. The Morgan fingerprint density at radius 1 is 1.09 bits per heavy atom. The van der Waals surface area contributed by atoms with Crippen LogP contribution in [0, 0.1) is 5.41 Å². The highest BCUT2D eigenvalue weighted by Crippen LogP contribution is 2.33. The first-order valence-electron chi connectivity index (χ1n) is 4.36. The molecule has 0 bridgehead atoms. The highest BCUT2D eigenvalue weighted by molar-refractivity contribution is 6.18. The molecule has 0 aromatic carbocycles. The largest absolute Gasteiger partial charge is 0.127 e. The summed E-state index contributed by atoms with van der Waals surface area (Å²) in [6, 6.07) is 0. The lowest BCUT2D eigenvalue weighted by Gasteiger charge is -2.28. The molecule has 0 unspecified atom stereocenters. The molecule has 0 rings (SSSR count). The molecule has 0 spiro atoms. The van der Waals surface area contributed by atoms with Gasteiger partial charge in [-0.2, -0.15) is 0 Å². The fraction of sp³-hybridized carbons (Fsp3) is 1.00. The van der Waals surface area contributed by atoms with Crippen LogP contribution in [-0.4, -0.2) is 11.8 Å². The van der Waals surface area contributed by atoms with Crippen molar-refractivity contribution in [1.29, 1.82) is 0 Å². The lowest BCUT2D eigenvalue weighted by atomic mass is 9.80. The first kappa shape index (κ1) is 11.6. The fourth-order valence-electron chi connectivity index (χ4n) is 1.30. The van der Waals surface area contributed by atoms with Crippen molar-refractivity contribution in [3.8, 4) is 0 Å². The van der Waals surface area contributed by atoms with Crippen LogP contribution < -0.4 is 0 Å². The van der Waals surface area contributed by atoms with Crippen molar-refractivity contribution >= 4 is 23.2 Å². The third kappa shape index (κ3) is 3.66. The van der Waals surface area contributed by atoms with Crippen LogP contribution in [0.15, 0.2) is 0 Å². The van der Waals surface area contributed by atoms with Crippen LogP contribution in [-0.2, 0) is 0 Å². The number of hydrogen-bond donors (Lipinski definition) is 0. The van der Waals surface area contributed by atoms with Gasteiger partial charge in [-0.1, -0.05) is 13.8 Å². The average Bonchev–Trinajstić information content (AvgIpc) is 2.08. The second-order valence-corrected chi connectivity index (χ2v) is 3.78. The second kappa shape index (κ2) is 6.14. The zero-order valence-electron chi connectivity index (χ0n) is 7.50. The maximum Gasteiger partial charge on any atom is 0.0279 e. The molecule has 0 amide bonds. The minimum absolute atomic E-state index is 0.358. The first-order valence-corrected chi connectivity index (χ1v) is 5.43. The lowest BCUT2D eigenvalue weighted by Crippen LogP contribution is -2.20. The Morgan fingerprint density at radius 3 is 1.91 bits per heavy atom. The van der Waals surface area contributed by atoms with Gasteiger partial charge in [0, 0.05) is 11.8 Å². The van der Waals surface area contributed by atoms with Crippen LogP contribution in [0.3, 0.4) is 0 Å². The van der Waals surface area contributed by atoms with Crippen molar-refractivity contribution in [2.24, 2.45) is 5.41 Å². The van der Waals surface area contributed by atoms with Crippen LogP contribution in [0.25, 0.3) is 0 Å². The average molecular weight is 197 g/mol. The summed E-state index contributed by atoms with van der Waals surface area (Å²) in [7, 11) is 0. The van der Waals surface area contributed by atoms with Gasteiger partial charge in [0.15, 0.2) is 0 Å². The van der Waals surface area contributed by atoms with Crippen molar-refractivity contribution in [3.63, 3.8) is 0 Å². The highest BCUT2D eigenvalue weighted by atomic mass is 35.5. The third-order valence-corrected chi connectivity index (χ3v) is 3.46. The van der Waals surface area contributed by atoms with E-state index in [1.807, 2.05) is 0 Å². The number of hydrogen-bond acceptors (Lipinski definition) is 0. The summed E-state index contributed by atoms with van der Waals surface area (Å²) in [5, 5.41) is 0. The van der Waals surface area contributed by atoms with Gasteiger partial charge in [0.1, 0.15) is 0 Å². The highest BCUT2D eigenvalue weighted by Gasteiger charge is 2.23. The van der Waals surface area contributed by atoms with Crippen molar-refractivity contribution in [2.45, 2.75) is 39.5 Å². The Kier molecular flexibility index (Phi) is 6.46. The molecule has 2 heteroatoms.